The molecule has 15 heavy (non-hydrogen) atoms. The Bertz CT molecular complexity index is 304. The van der Waals surface area contributed by atoms with Gasteiger partial charge in [0.05, 0.1) is 6.61 Å². The lowest BCUT2D eigenvalue weighted by molar-refractivity contribution is -0.132. The SMILES string of the molecule is CC(=O)[C@@H](OCc1ccccc1)C(C)C. The van der Waals surface area contributed by atoms with Gasteiger partial charge in [-0.2, -0.15) is 0 Å². The third-order valence-corrected chi connectivity index (χ3v) is 2.28. The van der Waals surface area contributed by atoms with Crippen LogP contribution in [0.15, 0.2) is 30.3 Å². The fourth-order valence-electron chi connectivity index (χ4n) is 1.54. The maximum Gasteiger partial charge on any atom is 0.158 e. The van der Waals surface area contributed by atoms with E-state index < -0.39 is 0 Å². The summed E-state index contributed by atoms with van der Waals surface area (Å²) in [6.07, 6.45) is -0.287. The van der Waals surface area contributed by atoms with Gasteiger partial charge >= 0.3 is 0 Å². The van der Waals surface area contributed by atoms with Crippen molar-refractivity contribution in [2.24, 2.45) is 5.92 Å². The molecule has 0 heterocycles. The van der Waals surface area contributed by atoms with E-state index in [9.17, 15) is 4.79 Å². The fraction of sp³-hybridized carbons (Fsp3) is 0.462. The Morgan fingerprint density at radius 2 is 1.87 bits per heavy atom. The Labute approximate surface area is 91.3 Å². The largest absolute Gasteiger partial charge is 0.366 e. The van der Waals surface area contributed by atoms with Crippen molar-refractivity contribution in [2.45, 2.75) is 33.5 Å². The second kappa shape index (κ2) is 5.66. The first-order valence-corrected chi connectivity index (χ1v) is 5.27. The van der Waals surface area contributed by atoms with Crippen molar-refractivity contribution in [1.82, 2.24) is 0 Å². The van der Waals surface area contributed by atoms with Gasteiger partial charge in [0.2, 0.25) is 0 Å². The van der Waals surface area contributed by atoms with E-state index in [0.717, 1.165) is 5.56 Å². The lowest BCUT2D eigenvalue weighted by atomic mass is 10.0. The zero-order valence-corrected chi connectivity index (χ0v) is 9.57. The summed E-state index contributed by atoms with van der Waals surface area (Å²) in [4.78, 5) is 11.3. The van der Waals surface area contributed by atoms with Crippen molar-refractivity contribution in [3.8, 4) is 0 Å². The molecule has 1 aromatic carbocycles. The van der Waals surface area contributed by atoms with E-state index in [1.165, 1.54) is 0 Å². The van der Waals surface area contributed by atoms with E-state index in [4.69, 9.17) is 4.74 Å². The molecule has 0 radical (unpaired) electrons. The highest BCUT2D eigenvalue weighted by molar-refractivity contribution is 5.80. The molecule has 1 aromatic rings. The molecule has 0 bridgehead atoms. The van der Waals surface area contributed by atoms with Gasteiger partial charge in [-0.25, -0.2) is 0 Å². The van der Waals surface area contributed by atoms with E-state index >= 15 is 0 Å². The van der Waals surface area contributed by atoms with Gasteiger partial charge in [-0.3, -0.25) is 4.79 Å². The number of hydrogen-bond acceptors (Lipinski definition) is 2. The van der Waals surface area contributed by atoms with Crippen molar-refractivity contribution >= 4 is 5.78 Å². The minimum absolute atomic E-state index is 0.0981. The van der Waals surface area contributed by atoms with Gasteiger partial charge in [-0.1, -0.05) is 44.2 Å². The molecule has 1 atom stereocenters. The van der Waals surface area contributed by atoms with Gasteiger partial charge in [0.15, 0.2) is 5.78 Å². The molecule has 0 saturated carbocycles. The number of carbonyl (C=O) groups is 1. The van der Waals surface area contributed by atoms with Crippen LogP contribution >= 0.6 is 0 Å². The molecule has 0 N–H and O–H groups in total. The number of carbonyl (C=O) groups excluding carboxylic acids is 1. The summed E-state index contributed by atoms with van der Waals surface area (Å²) in [5.41, 5.74) is 1.10. The summed E-state index contributed by atoms with van der Waals surface area (Å²) < 4.78 is 5.60. The summed E-state index contributed by atoms with van der Waals surface area (Å²) in [6.45, 7) is 6.08. The van der Waals surface area contributed by atoms with E-state index in [0.29, 0.717) is 6.61 Å². The van der Waals surface area contributed by atoms with Gasteiger partial charge in [0, 0.05) is 0 Å². The highest BCUT2D eigenvalue weighted by atomic mass is 16.5. The molecule has 2 heteroatoms. The van der Waals surface area contributed by atoms with Crippen LogP contribution in [-0.4, -0.2) is 11.9 Å². The lowest BCUT2D eigenvalue weighted by Crippen LogP contribution is -2.27. The second-order valence-corrected chi connectivity index (χ2v) is 4.07. The van der Waals surface area contributed by atoms with E-state index in [1.807, 2.05) is 44.2 Å². The first-order valence-electron chi connectivity index (χ1n) is 5.27. The van der Waals surface area contributed by atoms with Crippen molar-refractivity contribution in [1.29, 1.82) is 0 Å². The molecule has 0 aliphatic carbocycles. The summed E-state index contributed by atoms with van der Waals surface area (Å²) in [5.74, 6) is 0.326. The average Bonchev–Trinajstić information content (AvgIpc) is 2.18. The van der Waals surface area contributed by atoms with Gasteiger partial charge in [-0.15, -0.1) is 0 Å². The summed E-state index contributed by atoms with van der Waals surface area (Å²) in [7, 11) is 0. The molecule has 0 saturated heterocycles. The Morgan fingerprint density at radius 1 is 1.27 bits per heavy atom. The molecule has 1 rings (SSSR count). The van der Waals surface area contributed by atoms with Crippen LogP contribution in [0.25, 0.3) is 0 Å². The molecule has 0 aliphatic rings. The van der Waals surface area contributed by atoms with E-state index in [1.54, 1.807) is 6.92 Å². The fourth-order valence-corrected chi connectivity index (χ4v) is 1.54. The topological polar surface area (TPSA) is 26.3 Å². The van der Waals surface area contributed by atoms with E-state index in [2.05, 4.69) is 0 Å². The van der Waals surface area contributed by atoms with Gasteiger partial charge in [-0.05, 0) is 18.4 Å². The summed E-state index contributed by atoms with van der Waals surface area (Å²) >= 11 is 0. The Kier molecular flexibility index (Phi) is 4.50. The quantitative estimate of drug-likeness (QED) is 0.740. The third kappa shape index (κ3) is 3.84. The maximum absolute atomic E-state index is 11.3. The number of ether oxygens (including phenoxy) is 1. The number of hydrogen-bond donors (Lipinski definition) is 0. The minimum Gasteiger partial charge on any atom is -0.366 e. The molecule has 0 aromatic heterocycles. The zero-order valence-electron chi connectivity index (χ0n) is 9.57. The zero-order chi connectivity index (χ0) is 11.3. The predicted molar refractivity (Wildman–Crippen MR) is 60.5 cm³/mol. The summed E-state index contributed by atoms with van der Waals surface area (Å²) in [5, 5.41) is 0. The van der Waals surface area contributed by atoms with Crippen molar-refractivity contribution < 1.29 is 9.53 Å². The van der Waals surface area contributed by atoms with E-state index in [-0.39, 0.29) is 17.8 Å². The Morgan fingerprint density at radius 3 is 2.33 bits per heavy atom. The smallest absolute Gasteiger partial charge is 0.158 e. The Balaban J connectivity index is 2.51. The number of ketones is 1. The molecule has 0 fully saturated rings. The van der Waals surface area contributed by atoms with Crippen molar-refractivity contribution in [2.75, 3.05) is 0 Å². The second-order valence-electron chi connectivity index (χ2n) is 4.07. The third-order valence-electron chi connectivity index (χ3n) is 2.28. The maximum atomic E-state index is 11.3. The lowest BCUT2D eigenvalue weighted by Gasteiger charge is -2.18. The van der Waals surface area contributed by atoms with Crippen LogP contribution in [0.2, 0.25) is 0 Å². The molecule has 0 aliphatic heterocycles. The highest BCUT2D eigenvalue weighted by Gasteiger charge is 2.18. The number of benzene rings is 1. The summed E-state index contributed by atoms with van der Waals surface area (Å²) in [6, 6.07) is 9.90. The molecular weight excluding hydrogens is 188 g/mol. The van der Waals surface area contributed by atoms with Crippen LogP contribution in [0.3, 0.4) is 0 Å². The first kappa shape index (κ1) is 11.9. The van der Waals surface area contributed by atoms with Crippen LogP contribution in [0.5, 0.6) is 0 Å². The van der Waals surface area contributed by atoms with Crippen LogP contribution in [0, 0.1) is 5.92 Å². The van der Waals surface area contributed by atoms with Gasteiger partial charge < -0.3 is 4.74 Å². The molecule has 0 unspecified atom stereocenters. The highest BCUT2D eigenvalue weighted by Crippen LogP contribution is 2.11. The van der Waals surface area contributed by atoms with Crippen molar-refractivity contribution in [3.63, 3.8) is 0 Å². The first-order chi connectivity index (χ1) is 7.11. The molecule has 2 nitrogen and oxygen atoms in total. The van der Waals surface area contributed by atoms with Gasteiger partial charge in [0.25, 0.3) is 0 Å². The van der Waals surface area contributed by atoms with Crippen LogP contribution < -0.4 is 0 Å². The number of rotatable bonds is 5. The minimum atomic E-state index is -0.287. The molecule has 0 spiro atoms. The average molecular weight is 206 g/mol. The standard InChI is InChI=1S/C13H18O2/c1-10(2)13(11(3)14)15-9-12-7-5-4-6-8-12/h4-8,10,13H,9H2,1-3H3/t13-/m0/s1. The molecule has 0 amide bonds. The van der Waals surface area contributed by atoms with Crippen LogP contribution in [0.1, 0.15) is 26.3 Å². The molecular formula is C13H18O2. The van der Waals surface area contributed by atoms with Crippen molar-refractivity contribution in [3.05, 3.63) is 35.9 Å². The Hall–Kier alpha value is -1.15. The van der Waals surface area contributed by atoms with Crippen LogP contribution in [-0.2, 0) is 16.1 Å². The predicted octanol–water partition coefficient (Wildman–Crippen LogP) is 2.82. The van der Waals surface area contributed by atoms with Gasteiger partial charge in [0.1, 0.15) is 6.10 Å². The monoisotopic (exact) mass is 206 g/mol. The number of Topliss-reactive ketones (excluding diaryl/α,β-unsaturated/α-hetero) is 1. The van der Waals surface area contributed by atoms with Crippen LogP contribution in [0.4, 0.5) is 0 Å². The molecule has 82 valence electrons. The normalized spacial score (nSPS) is 12.8.